The zero-order valence-electron chi connectivity index (χ0n) is 68.6. The first-order valence-electron chi connectivity index (χ1n) is 45.2. The minimum absolute atomic E-state index is 0.210. The number of cyclic esters (lactones) is 1. The fraction of sp³-hybridized carbons (Fsp3) is 0.943. The zero-order valence-corrected chi connectivity index (χ0v) is 68.6. The van der Waals surface area contributed by atoms with Crippen LogP contribution in [0.15, 0.2) is 0 Å². The van der Waals surface area contributed by atoms with Gasteiger partial charge in [0, 0.05) is 6.42 Å². The molecule has 8 N–H and O–H groups in total. The second-order valence-electron chi connectivity index (χ2n) is 32.3. The van der Waals surface area contributed by atoms with Crippen molar-refractivity contribution in [2.75, 3.05) is 13.2 Å². The van der Waals surface area contributed by atoms with Crippen LogP contribution in [0.5, 0.6) is 0 Å². The van der Waals surface area contributed by atoms with Crippen LogP contribution in [0.25, 0.3) is 0 Å². The van der Waals surface area contributed by atoms with Gasteiger partial charge < -0.3 is 65.0 Å². The van der Waals surface area contributed by atoms with Crippen LogP contribution in [0.3, 0.4) is 0 Å². The third-order valence-electron chi connectivity index (χ3n) is 22.2. The minimum Gasteiger partial charge on any atom is -0.462 e. The number of carbonyl (C=O) groups excluding carboxylic acids is 5. The van der Waals surface area contributed by atoms with Crippen LogP contribution in [0.2, 0.25) is 0 Å². The number of amides is 2. The number of aliphatic hydroxyl groups is 6. The number of hydrogen-bond donors (Lipinski definition) is 8. The van der Waals surface area contributed by atoms with Gasteiger partial charge in [0.15, 0.2) is 24.5 Å². The van der Waals surface area contributed by atoms with Gasteiger partial charge in [0.1, 0.15) is 36.6 Å². The summed E-state index contributed by atoms with van der Waals surface area (Å²) in [4.78, 5) is 68.6. The Morgan fingerprint density at radius 3 is 1.08 bits per heavy atom. The molecule has 2 heterocycles. The molecule has 18 nitrogen and oxygen atoms in total. The van der Waals surface area contributed by atoms with E-state index in [1.165, 1.54) is 257 Å². The van der Waals surface area contributed by atoms with Crippen molar-refractivity contribution < 1.29 is 78.3 Å². The topological polar surface area (TPSA) is 277 Å². The summed E-state index contributed by atoms with van der Waals surface area (Å²) < 4.78 is 29.8. The summed E-state index contributed by atoms with van der Waals surface area (Å²) in [7, 11) is 0. The van der Waals surface area contributed by atoms with Crippen molar-refractivity contribution >= 4 is 29.7 Å². The van der Waals surface area contributed by atoms with Gasteiger partial charge in [-0.3, -0.25) is 19.2 Å². The lowest BCUT2D eigenvalue weighted by Crippen LogP contribution is -2.67. The highest BCUT2D eigenvalue weighted by molar-refractivity contribution is 5.86. The average molecular weight is 1510 g/mol. The van der Waals surface area contributed by atoms with Crippen LogP contribution in [0.1, 0.15) is 445 Å². The molecule has 2 fully saturated rings. The van der Waals surface area contributed by atoms with E-state index in [2.05, 4.69) is 38.3 Å². The first kappa shape index (κ1) is 99.1. The van der Waals surface area contributed by atoms with Crippen LogP contribution in [0, 0.1) is 0 Å². The van der Waals surface area contributed by atoms with Crippen LogP contribution in [0.4, 0.5) is 0 Å². The number of ether oxygens (including phenoxy) is 5. The lowest BCUT2D eigenvalue weighted by Gasteiger charge is -2.44. The van der Waals surface area contributed by atoms with Crippen molar-refractivity contribution in [2.24, 2.45) is 0 Å². The maximum Gasteiger partial charge on any atom is 0.331 e. The Morgan fingerprint density at radius 2 is 0.717 bits per heavy atom. The Kier molecular flexibility index (Phi) is 65.4. The fourth-order valence-corrected chi connectivity index (χ4v) is 15.3. The number of esters is 3. The van der Waals surface area contributed by atoms with E-state index < -0.39 is 123 Å². The first-order valence-corrected chi connectivity index (χ1v) is 45.2. The molecule has 0 radical (unpaired) electrons. The molecule has 2 amide bonds. The molecule has 624 valence electrons. The number of rotatable bonds is 76. The predicted molar refractivity (Wildman–Crippen MR) is 428 cm³/mol. The second kappa shape index (κ2) is 69.9. The molecule has 12 atom stereocenters. The Balaban J connectivity index is 2.07. The van der Waals surface area contributed by atoms with E-state index in [9.17, 15) is 54.6 Å². The molecular weight excluding hydrogens is 1340 g/mol. The molecule has 0 bridgehead atoms. The summed E-state index contributed by atoms with van der Waals surface area (Å²) >= 11 is 0. The normalized spacial score (nSPS) is 20.5. The summed E-state index contributed by atoms with van der Waals surface area (Å²) in [5, 5.41) is 72.0. The molecule has 0 saturated carbocycles. The summed E-state index contributed by atoms with van der Waals surface area (Å²) in [5.41, 5.74) is 0. The maximum absolute atomic E-state index is 14.5. The molecule has 2 aliphatic rings. The van der Waals surface area contributed by atoms with Crippen LogP contribution >= 0.6 is 0 Å². The zero-order chi connectivity index (χ0) is 77.1. The van der Waals surface area contributed by atoms with Crippen molar-refractivity contribution in [1.82, 2.24) is 10.6 Å². The lowest BCUT2D eigenvalue weighted by atomic mass is 9.95. The van der Waals surface area contributed by atoms with E-state index in [1.54, 1.807) is 0 Å². The number of unbranched alkanes of at least 4 members (excludes halogenated alkanes) is 54. The molecule has 0 spiro atoms. The molecule has 2 rings (SSSR count). The quantitative estimate of drug-likeness (QED) is 0.0160. The van der Waals surface area contributed by atoms with Crippen molar-refractivity contribution in [3.8, 4) is 0 Å². The van der Waals surface area contributed by atoms with Crippen molar-refractivity contribution in [2.45, 2.75) is 518 Å². The highest BCUT2D eigenvalue weighted by Crippen LogP contribution is 2.29. The summed E-state index contributed by atoms with van der Waals surface area (Å²) in [6.07, 6.45) is 55.4. The van der Waals surface area contributed by atoms with Gasteiger partial charge >= 0.3 is 17.9 Å². The van der Waals surface area contributed by atoms with Gasteiger partial charge in [0.25, 0.3) is 0 Å². The lowest BCUT2D eigenvalue weighted by molar-refractivity contribution is -0.283. The van der Waals surface area contributed by atoms with Crippen LogP contribution in [-0.4, -0.2) is 147 Å². The molecule has 0 unspecified atom stereocenters. The molecule has 0 aromatic rings. The van der Waals surface area contributed by atoms with Gasteiger partial charge in [0.05, 0.1) is 44.7 Å². The summed E-state index contributed by atoms with van der Waals surface area (Å²) in [6.45, 7) is 7.46. The third kappa shape index (κ3) is 53.1. The number of carbonyl (C=O) groups is 5. The van der Waals surface area contributed by atoms with Gasteiger partial charge in [-0.05, 0) is 32.1 Å². The number of hydrogen-bond acceptors (Lipinski definition) is 16. The maximum atomic E-state index is 14.5. The second-order valence-corrected chi connectivity index (χ2v) is 32.3. The van der Waals surface area contributed by atoms with Gasteiger partial charge in [0.2, 0.25) is 11.8 Å². The predicted octanol–water partition coefficient (Wildman–Crippen LogP) is 19.7. The average Bonchev–Trinajstić information content (AvgIpc) is 0.794. The van der Waals surface area contributed by atoms with E-state index in [4.69, 9.17) is 23.7 Å². The fourth-order valence-electron chi connectivity index (χ4n) is 15.3. The van der Waals surface area contributed by atoms with E-state index in [-0.39, 0.29) is 19.3 Å². The molecule has 0 aliphatic carbocycles. The van der Waals surface area contributed by atoms with Crippen LogP contribution in [-0.2, 0) is 47.7 Å². The van der Waals surface area contributed by atoms with Crippen molar-refractivity contribution in [3.63, 3.8) is 0 Å². The summed E-state index contributed by atoms with van der Waals surface area (Å²) in [5.74, 6) is -3.72. The highest BCUT2D eigenvalue weighted by Gasteiger charge is 2.51. The molecular formula is C88H166N2O16. The molecule has 0 aromatic carbocycles. The highest BCUT2D eigenvalue weighted by atomic mass is 16.7. The standard InChI is InChI=1S/C88H166N2O16/c1-5-9-13-17-21-25-29-30-31-32-33-34-35-36-37-38-39-40-41-42-43-46-50-54-58-62-66-79(96)103-74(65-61-57-53-49-28-24-20-16-12-8-4)69-78(95)90-82-86(106-80(97)68-73(93)64-60-56-52-48-45-27-23-19-15-11-7-3)84(99)75(70-91)105-88(82)102-71-76-83(98)85(100)81(87(101)104-76)89-77(94)67-72(92)63-59-55-51-47-44-26-22-18-14-10-6-2/h72-76,81-86,88,91-93,98-100H,5-71H2,1-4H3,(H,89,94)(H,90,95)/t72-,73-,74+,75+,76+,81+,82+,83+,84+,85+,86+,88+/m0/s1. The molecule has 2 saturated heterocycles. The monoisotopic (exact) mass is 1510 g/mol. The SMILES string of the molecule is CCCCCCCCCCCCCCCCCCCCCCCCCCCCC(=O)O[C@H](CCCCCCCCCCCC)CC(=O)N[C@H]1[C@H](OC[C@H]2OC(=O)[C@H](NC(=O)C[C@@H](O)CCCCCCCCCCCCC)[C@@H](O)[C@@H]2O)O[C@H](CO)[C@@H](O)[C@@H]1OC(=O)C[C@@H](O)CCCCCCCCCCCCC. The number of nitrogens with one attached hydrogen (secondary N) is 2. The molecule has 106 heavy (non-hydrogen) atoms. The van der Waals surface area contributed by atoms with Crippen LogP contribution < -0.4 is 10.6 Å². The first-order chi connectivity index (χ1) is 51.7. The van der Waals surface area contributed by atoms with Crippen molar-refractivity contribution in [3.05, 3.63) is 0 Å². The third-order valence-corrected chi connectivity index (χ3v) is 22.2. The van der Waals surface area contributed by atoms with E-state index >= 15 is 0 Å². The minimum atomic E-state index is -1.87. The van der Waals surface area contributed by atoms with Gasteiger partial charge in [-0.25, -0.2) is 4.79 Å². The Morgan fingerprint density at radius 1 is 0.387 bits per heavy atom. The molecule has 0 aromatic heterocycles. The Bertz CT molecular complexity index is 2050. The van der Waals surface area contributed by atoms with Gasteiger partial charge in [-0.15, -0.1) is 0 Å². The molecule has 2 aliphatic heterocycles. The molecule has 18 heteroatoms. The number of aliphatic hydroxyl groups excluding tert-OH is 6. The van der Waals surface area contributed by atoms with Crippen molar-refractivity contribution in [1.29, 1.82) is 0 Å². The largest absolute Gasteiger partial charge is 0.462 e. The van der Waals surface area contributed by atoms with Gasteiger partial charge in [-0.2, -0.15) is 0 Å². The Hall–Kier alpha value is -2.97. The van der Waals surface area contributed by atoms with E-state index in [1.807, 2.05) is 0 Å². The Labute approximate surface area is 647 Å². The van der Waals surface area contributed by atoms with E-state index in [0.717, 1.165) is 96.3 Å². The summed E-state index contributed by atoms with van der Waals surface area (Å²) in [6, 6.07) is -3.18. The van der Waals surface area contributed by atoms with E-state index in [0.29, 0.717) is 38.5 Å². The van der Waals surface area contributed by atoms with Gasteiger partial charge in [-0.1, -0.05) is 387 Å². The smallest absolute Gasteiger partial charge is 0.331 e.